The Balaban J connectivity index is 4.72. The fourth-order valence-electron chi connectivity index (χ4n) is 1.46. The molecule has 0 aliphatic rings. The molecule has 25 heavy (non-hydrogen) atoms. The molecule has 0 fully saturated rings. The van der Waals surface area contributed by atoms with Gasteiger partial charge >= 0.3 is 12.1 Å². The van der Waals surface area contributed by atoms with Crippen molar-refractivity contribution in [2.75, 3.05) is 18.9 Å². The average Bonchev–Trinajstić information content (AvgIpc) is 2.39. The Hall–Kier alpha value is -1.88. The number of hydrogen-bond donors (Lipinski definition) is 3. The van der Waals surface area contributed by atoms with Gasteiger partial charge in [-0.05, 0) is 34.1 Å². The Bertz CT molecular complexity index is 596. The van der Waals surface area contributed by atoms with Crippen molar-refractivity contribution < 1.29 is 36.8 Å². The van der Waals surface area contributed by atoms with Crippen LogP contribution < -0.4 is 10.6 Å². The van der Waals surface area contributed by atoms with Gasteiger partial charge in [0.2, 0.25) is 5.91 Å². The van der Waals surface area contributed by atoms with E-state index in [-0.39, 0.29) is 18.9 Å². The van der Waals surface area contributed by atoms with Crippen LogP contribution in [-0.4, -0.2) is 61.5 Å². The van der Waals surface area contributed by atoms with Gasteiger partial charge in [-0.15, -0.1) is 0 Å². The Morgan fingerprint density at radius 2 is 1.68 bits per heavy atom. The summed E-state index contributed by atoms with van der Waals surface area (Å²) in [7, 11) is -4.02. The summed E-state index contributed by atoms with van der Waals surface area (Å²) < 4.78 is 33.2. The van der Waals surface area contributed by atoms with Crippen LogP contribution in [0.5, 0.6) is 0 Å². The van der Waals surface area contributed by atoms with Gasteiger partial charge in [0.25, 0.3) is 10.1 Å². The van der Waals surface area contributed by atoms with Gasteiger partial charge in [0, 0.05) is 13.5 Å². The SMILES string of the molecule is CC(=O)NCCCS(=O)(=O)OCC(C)(NC(=O)OC(C)(C)C)C(=O)O. The molecular formula is C14H26N2O8S. The fourth-order valence-corrected chi connectivity index (χ4v) is 2.49. The minimum absolute atomic E-state index is 0.102. The van der Waals surface area contributed by atoms with Gasteiger partial charge in [-0.3, -0.25) is 8.98 Å². The van der Waals surface area contributed by atoms with E-state index >= 15 is 0 Å². The second kappa shape index (κ2) is 8.99. The van der Waals surface area contributed by atoms with Crippen LogP contribution in [-0.2, 0) is 28.6 Å². The lowest BCUT2D eigenvalue weighted by Crippen LogP contribution is -2.56. The maximum absolute atomic E-state index is 11.8. The predicted molar refractivity (Wildman–Crippen MR) is 88.5 cm³/mol. The molecule has 0 radical (unpaired) electrons. The van der Waals surface area contributed by atoms with E-state index in [4.69, 9.17) is 8.92 Å². The number of amides is 2. The molecule has 0 rings (SSSR count). The summed E-state index contributed by atoms with van der Waals surface area (Å²) in [5.41, 5.74) is -2.84. The number of alkyl carbamates (subject to hydrolysis) is 1. The summed E-state index contributed by atoms with van der Waals surface area (Å²) in [5.74, 6) is -2.18. The molecule has 0 bridgehead atoms. The van der Waals surface area contributed by atoms with Crippen molar-refractivity contribution in [3.05, 3.63) is 0 Å². The van der Waals surface area contributed by atoms with Crippen LogP contribution in [0.25, 0.3) is 0 Å². The Morgan fingerprint density at radius 3 is 2.12 bits per heavy atom. The summed E-state index contributed by atoms with van der Waals surface area (Å²) in [4.78, 5) is 33.8. The smallest absolute Gasteiger partial charge is 0.408 e. The van der Waals surface area contributed by atoms with Crippen molar-refractivity contribution in [3.63, 3.8) is 0 Å². The van der Waals surface area contributed by atoms with Crippen molar-refractivity contribution in [1.29, 1.82) is 0 Å². The highest BCUT2D eigenvalue weighted by Gasteiger charge is 2.38. The second-order valence-electron chi connectivity index (χ2n) is 6.62. The zero-order valence-electron chi connectivity index (χ0n) is 15.0. The first-order valence-corrected chi connectivity index (χ1v) is 9.11. The molecule has 10 nitrogen and oxygen atoms in total. The van der Waals surface area contributed by atoms with Gasteiger partial charge < -0.3 is 20.5 Å². The van der Waals surface area contributed by atoms with Crippen LogP contribution >= 0.6 is 0 Å². The van der Waals surface area contributed by atoms with Crippen LogP contribution in [0.3, 0.4) is 0 Å². The van der Waals surface area contributed by atoms with E-state index in [1.807, 2.05) is 0 Å². The molecule has 0 aliphatic heterocycles. The molecule has 0 saturated carbocycles. The number of carboxylic acids is 1. The molecule has 0 spiro atoms. The molecule has 0 aromatic carbocycles. The van der Waals surface area contributed by atoms with Crippen LogP contribution in [0.1, 0.15) is 41.0 Å². The quantitative estimate of drug-likeness (QED) is 0.379. The third-order valence-electron chi connectivity index (χ3n) is 2.72. The number of rotatable bonds is 9. The summed E-state index contributed by atoms with van der Waals surface area (Å²) in [6.45, 7) is 6.54. The number of carbonyl (C=O) groups excluding carboxylic acids is 2. The highest BCUT2D eigenvalue weighted by Crippen LogP contribution is 2.12. The lowest BCUT2D eigenvalue weighted by Gasteiger charge is -2.28. The van der Waals surface area contributed by atoms with Crippen LogP contribution in [0.15, 0.2) is 0 Å². The minimum Gasteiger partial charge on any atom is -0.479 e. The zero-order chi connectivity index (χ0) is 19.9. The summed E-state index contributed by atoms with van der Waals surface area (Å²) in [6, 6.07) is 0. The molecule has 1 unspecified atom stereocenters. The van der Waals surface area contributed by atoms with Gasteiger partial charge in [0.15, 0.2) is 5.54 Å². The molecule has 0 aromatic heterocycles. The van der Waals surface area contributed by atoms with Gasteiger partial charge in [-0.2, -0.15) is 8.42 Å². The highest BCUT2D eigenvalue weighted by atomic mass is 32.2. The maximum atomic E-state index is 11.8. The number of ether oxygens (including phenoxy) is 1. The Morgan fingerprint density at radius 1 is 1.12 bits per heavy atom. The topological polar surface area (TPSA) is 148 Å². The molecule has 11 heteroatoms. The summed E-state index contributed by atoms with van der Waals surface area (Å²) >= 11 is 0. The van der Waals surface area contributed by atoms with Crippen molar-refractivity contribution in [2.24, 2.45) is 0 Å². The molecule has 146 valence electrons. The largest absolute Gasteiger partial charge is 0.479 e. The minimum atomic E-state index is -4.02. The molecule has 0 heterocycles. The van der Waals surface area contributed by atoms with E-state index in [1.165, 1.54) is 6.92 Å². The lowest BCUT2D eigenvalue weighted by atomic mass is 10.1. The predicted octanol–water partition coefficient (Wildman–Crippen LogP) is 0.227. The fraction of sp³-hybridized carbons (Fsp3) is 0.786. The van der Waals surface area contributed by atoms with E-state index in [0.29, 0.717) is 0 Å². The molecule has 3 N–H and O–H groups in total. The number of aliphatic carboxylic acids is 1. The van der Waals surface area contributed by atoms with Gasteiger partial charge in [-0.1, -0.05) is 0 Å². The molecular weight excluding hydrogens is 356 g/mol. The zero-order valence-corrected chi connectivity index (χ0v) is 15.9. The van der Waals surface area contributed by atoms with E-state index in [1.54, 1.807) is 20.8 Å². The number of hydrogen-bond acceptors (Lipinski definition) is 7. The Kier molecular flexibility index (Phi) is 8.32. The van der Waals surface area contributed by atoms with Crippen molar-refractivity contribution in [2.45, 2.75) is 52.2 Å². The van der Waals surface area contributed by atoms with Gasteiger partial charge in [0.05, 0.1) is 5.75 Å². The molecule has 2 amide bonds. The number of carboxylic acid groups (broad SMARTS) is 1. The van der Waals surface area contributed by atoms with Gasteiger partial charge in [-0.25, -0.2) is 9.59 Å². The number of carbonyl (C=O) groups is 3. The molecule has 0 aromatic rings. The second-order valence-corrected chi connectivity index (χ2v) is 8.38. The van der Waals surface area contributed by atoms with E-state index < -0.39 is 45.7 Å². The van der Waals surface area contributed by atoms with Crippen molar-refractivity contribution >= 4 is 28.1 Å². The first-order chi connectivity index (χ1) is 11.2. The lowest BCUT2D eigenvalue weighted by molar-refractivity contribution is -0.145. The third kappa shape index (κ3) is 10.6. The normalized spacial score (nSPS) is 14.3. The highest BCUT2D eigenvalue weighted by molar-refractivity contribution is 7.86. The summed E-state index contributed by atoms with van der Waals surface area (Å²) in [6.07, 6.45) is -0.908. The maximum Gasteiger partial charge on any atom is 0.408 e. The standard InChI is InChI=1S/C14H26N2O8S/c1-10(17)15-7-6-8-25(21,22)23-9-14(5,11(18)19)16-12(20)24-13(2,3)4/h6-9H2,1-5H3,(H,15,17)(H,16,20)(H,18,19). The van der Waals surface area contributed by atoms with Crippen LogP contribution in [0.4, 0.5) is 4.79 Å². The summed E-state index contributed by atoms with van der Waals surface area (Å²) in [5, 5.41) is 13.8. The molecule has 1 atom stereocenters. The van der Waals surface area contributed by atoms with E-state index in [2.05, 4.69) is 10.6 Å². The van der Waals surface area contributed by atoms with Crippen molar-refractivity contribution in [1.82, 2.24) is 10.6 Å². The van der Waals surface area contributed by atoms with Crippen LogP contribution in [0, 0.1) is 0 Å². The van der Waals surface area contributed by atoms with E-state index in [0.717, 1.165) is 6.92 Å². The first kappa shape index (κ1) is 23.1. The average molecular weight is 382 g/mol. The Labute approximate surface area is 147 Å². The van der Waals surface area contributed by atoms with Crippen molar-refractivity contribution in [3.8, 4) is 0 Å². The van der Waals surface area contributed by atoms with E-state index in [9.17, 15) is 27.9 Å². The third-order valence-corrected chi connectivity index (χ3v) is 3.99. The monoisotopic (exact) mass is 382 g/mol. The number of nitrogens with one attached hydrogen (secondary N) is 2. The van der Waals surface area contributed by atoms with Gasteiger partial charge in [0.1, 0.15) is 12.2 Å². The van der Waals surface area contributed by atoms with Crippen LogP contribution in [0.2, 0.25) is 0 Å². The molecule has 0 saturated heterocycles. The molecule has 0 aliphatic carbocycles. The first-order valence-electron chi connectivity index (χ1n) is 7.53.